The molecule has 0 aliphatic carbocycles. The molecule has 38 heavy (non-hydrogen) atoms. The first kappa shape index (κ1) is 30.1. The first-order valence-electron chi connectivity index (χ1n) is 11.5. The van der Waals surface area contributed by atoms with Crippen molar-refractivity contribution in [2.75, 3.05) is 0 Å². The second-order valence-corrected chi connectivity index (χ2v) is 11.3. The second-order valence-electron chi connectivity index (χ2n) is 9.58. The van der Waals surface area contributed by atoms with Crippen molar-refractivity contribution in [1.29, 1.82) is 0 Å². The molecule has 5 atom stereocenters. The average Bonchev–Trinajstić information content (AvgIpc) is 3.13. The van der Waals surface area contributed by atoms with Crippen molar-refractivity contribution in [2.45, 2.75) is 53.9 Å². The number of carbonyl (C=O) groups is 4. The molecule has 13 heteroatoms. The van der Waals surface area contributed by atoms with Gasteiger partial charge in [-0.3, -0.25) is 9.59 Å². The molecule has 2 fully saturated rings. The third-order valence-electron chi connectivity index (χ3n) is 6.57. The number of carbonyl (C=O) groups excluding carboxylic acids is 4. The van der Waals surface area contributed by atoms with Gasteiger partial charge >= 0.3 is 35.5 Å². The van der Waals surface area contributed by atoms with Gasteiger partial charge in [0.05, 0.1) is 12.0 Å². The molecule has 11 nitrogen and oxygen atoms in total. The van der Waals surface area contributed by atoms with E-state index in [4.69, 9.17) is 21.9 Å². The van der Waals surface area contributed by atoms with E-state index in [0.717, 1.165) is 0 Å². The largest absolute Gasteiger partial charge is 1.00 e. The SMILES string of the molecule is CC1(C)SC2C(NC(=O)C(N)(N)C(N)c3ccccc3)C(=O)N2C1C(=O)OC(C(=O)[O-])c1ccccc1.[Na+]. The van der Waals surface area contributed by atoms with Crippen LogP contribution in [-0.4, -0.2) is 56.5 Å². The Morgan fingerprint density at radius 1 is 1.05 bits per heavy atom. The van der Waals surface area contributed by atoms with E-state index in [1.807, 2.05) is 0 Å². The van der Waals surface area contributed by atoms with Crippen LogP contribution in [0, 0.1) is 0 Å². The van der Waals surface area contributed by atoms with Crippen molar-refractivity contribution in [2.24, 2.45) is 17.2 Å². The van der Waals surface area contributed by atoms with Crippen molar-refractivity contribution >= 4 is 35.5 Å². The zero-order valence-electron chi connectivity index (χ0n) is 21.2. The predicted molar refractivity (Wildman–Crippen MR) is 133 cm³/mol. The number of esters is 1. The van der Waals surface area contributed by atoms with Crippen LogP contribution in [0.1, 0.15) is 37.1 Å². The standard InChI is InChI=1S/C25H29N5O6S.Na/c1-24(2)18(22(34)36-16(21(32)33)13-9-5-3-6-10-13)30-19(31)15(20(30)37-24)29-23(35)25(27,28)17(26)14-11-7-4-8-12-14;/h3-12,15-18,20H,26-28H2,1-2H3,(H,29,35)(H,32,33);/q;+1/p-1. The van der Waals surface area contributed by atoms with E-state index < -0.39 is 63.8 Å². The third-order valence-corrected chi connectivity index (χ3v) is 8.14. The molecular formula is C25H28N5NaO6S. The zero-order chi connectivity index (χ0) is 27.1. The number of β-lactam (4-membered cyclic amide) rings is 1. The number of ether oxygens (including phenoxy) is 1. The Morgan fingerprint density at radius 2 is 1.58 bits per heavy atom. The number of thioether (sulfide) groups is 1. The van der Waals surface area contributed by atoms with Crippen LogP contribution < -0.4 is 57.2 Å². The molecule has 2 saturated heterocycles. The van der Waals surface area contributed by atoms with Gasteiger partial charge in [0.25, 0.3) is 5.91 Å². The number of carboxylic acids is 1. The maximum absolute atomic E-state index is 13.2. The zero-order valence-corrected chi connectivity index (χ0v) is 24.0. The molecule has 196 valence electrons. The van der Waals surface area contributed by atoms with Crippen LogP contribution in [0.3, 0.4) is 0 Å². The van der Waals surface area contributed by atoms with E-state index in [9.17, 15) is 24.3 Å². The summed E-state index contributed by atoms with van der Waals surface area (Å²) in [5.74, 6) is -3.86. The summed E-state index contributed by atoms with van der Waals surface area (Å²) in [5, 5.41) is 13.7. The summed E-state index contributed by atoms with van der Waals surface area (Å²) in [6.07, 6.45) is -1.64. The maximum atomic E-state index is 13.2. The molecule has 4 rings (SSSR count). The summed E-state index contributed by atoms with van der Waals surface area (Å²) in [4.78, 5) is 52.2. The molecular weight excluding hydrogens is 521 g/mol. The van der Waals surface area contributed by atoms with Crippen LogP contribution in [-0.2, 0) is 23.9 Å². The molecule has 5 unspecified atom stereocenters. The number of hydrogen-bond donors (Lipinski definition) is 4. The van der Waals surface area contributed by atoms with Crippen LogP contribution in [0.2, 0.25) is 0 Å². The van der Waals surface area contributed by atoms with Gasteiger partial charge in [0.1, 0.15) is 17.5 Å². The molecule has 2 heterocycles. The Morgan fingerprint density at radius 3 is 2.11 bits per heavy atom. The number of rotatable bonds is 8. The smallest absolute Gasteiger partial charge is 0.546 e. The number of aliphatic carboxylic acids is 1. The van der Waals surface area contributed by atoms with Crippen molar-refractivity contribution in [3.05, 3.63) is 71.8 Å². The van der Waals surface area contributed by atoms with Gasteiger partial charge in [0, 0.05) is 4.75 Å². The third kappa shape index (κ3) is 5.48. The summed E-state index contributed by atoms with van der Waals surface area (Å²) in [6.45, 7) is 3.46. The number of fused-ring (bicyclic) bond motifs is 1. The number of nitrogens with zero attached hydrogens (tertiary/aromatic N) is 1. The molecule has 0 bridgehead atoms. The van der Waals surface area contributed by atoms with Gasteiger partial charge in [-0.2, -0.15) is 0 Å². The van der Waals surface area contributed by atoms with Crippen LogP contribution in [0.5, 0.6) is 0 Å². The van der Waals surface area contributed by atoms with Crippen LogP contribution in [0.15, 0.2) is 60.7 Å². The van der Waals surface area contributed by atoms with Crippen LogP contribution >= 0.6 is 11.8 Å². The van der Waals surface area contributed by atoms with Crippen LogP contribution in [0.25, 0.3) is 0 Å². The Balaban J connectivity index is 0.00000400. The molecule has 0 saturated carbocycles. The monoisotopic (exact) mass is 549 g/mol. The van der Waals surface area contributed by atoms with Gasteiger partial charge in [-0.05, 0) is 25.0 Å². The number of nitrogens with one attached hydrogen (secondary N) is 1. The van der Waals surface area contributed by atoms with Crippen molar-refractivity contribution < 1.29 is 58.6 Å². The predicted octanol–water partition coefficient (Wildman–Crippen LogP) is -4.11. The number of hydrogen-bond acceptors (Lipinski definition) is 10. The molecule has 0 aromatic heterocycles. The molecule has 2 aromatic rings. The minimum absolute atomic E-state index is 0. The fourth-order valence-electron chi connectivity index (χ4n) is 4.53. The van der Waals surface area contributed by atoms with E-state index in [1.54, 1.807) is 62.4 Å². The van der Waals surface area contributed by atoms with E-state index in [0.29, 0.717) is 5.56 Å². The summed E-state index contributed by atoms with van der Waals surface area (Å²) in [7, 11) is 0. The van der Waals surface area contributed by atoms with Gasteiger partial charge < -0.3 is 42.1 Å². The van der Waals surface area contributed by atoms with Crippen molar-refractivity contribution in [1.82, 2.24) is 10.2 Å². The summed E-state index contributed by atoms with van der Waals surface area (Å²) < 4.78 is 4.46. The fraction of sp³-hybridized carbons (Fsp3) is 0.360. The van der Waals surface area contributed by atoms with Crippen molar-refractivity contribution in [3.63, 3.8) is 0 Å². The number of nitrogens with two attached hydrogens (primary N) is 3. The first-order chi connectivity index (χ1) is 17.4. The Bertz CT molecular complexity index is 1220. The molecule has 7 N–H and O–H groups in total. The van der Waals surface area contributed by atoms with Gasteiger partial charge in [-0.25, -0.2) is 4.79 Å². The second kappa shape index (κ2) is 11.3. The Kier molecular flexibility index (Phi) is 8.98. The maximum Gasteiger partial charge on any atom is 1.00 e. The van der Waals surface area contributed by atoms with Gasteiger partial charge in [0.15, 0.2) is 11.8 Å². The summed E-state index contributed by atoms with van der Waals surface area (Å²) in [5.41, 5.74) is 17.1. The van der Waals surface area contributed by atoms with Crippen molar-refractivity contribution in [3.8, 4) is 0 Å². The minimum atomic E-state index is -2.02. The van der Waals surface area contributed by atoms with E-state index in [1.165, 1.54) is 28.8 Å². The topological polar surface area (TPSA) is 194 Å². The molecule has 2 amide bonds. The Labute approximate surface area is 246 Å². The van der Waals surface area contributed by atoms with E-state index >= 15 is 0 Å². The first-order valence-corrected chi connectivity index (χ1v) is 12.4. The molecule has 2 aliphatic heterocycles. The molecule has 0 spiro atoms. The Hall–Kier alpha value is -2.45. The quantitative estimate of drug-likeness (QED) is 0.109. The number of amides is 2. The summed E-state index contributed by atoms with van der Waals surface area (Å²) >= 11 is 1.27. The molecule has 2 aliphatic rings. The molecule has 2 aromatic carbocycles. The number of benzene rings is 2. The van der Waals surface area contributed by atoms with E-state index in [2.05, 4.69) is 5.32 Å². The van der Waals surface area contributed by atoms with E-state index in [-0.39, 0.29) is 35.1 Å². The summed E-state index contributed by atoms with van der Waals surface area (Å²) in [6, 6.07) is 13.4. The number of carboxylic acid groups (broad SMARTS) is 1. The normalized spacial score (nSPS) is 23.2. The average molecular weight is 550 g/mol. The van der Waals surface area contributed by atoms with Gasteiger partial charge in [-0.15, -0.1) is 11.8 Å². The minimum Gasteiger partial charge on any atom is -0.546 e. The molecule has 0 radical (unpaired) electrons. The fourth-order valence-corrected chi connectivity index (χ4v) is 6.15. The van der Waals surface area contributed by atoms with Gasteiger partial charge in [0.2, 0.25) is 5.91 Å². The van der Waals surface area contributed by atoms with Crippen LogP contribution in [0.4, 0.5) is 0 Å². The van der Waals surface area contributed by atoms with Gasteiger partial charge in [-0.1, -0.05) is 60.7 Å².